The molecule has 0 spiro atoms. The van der Waals surface area contributed by atoms with Crippen LogP contribution in [0, 0.1) is 5.82 Å². The van der Waals surface area contributed by atoms with Crippen LogP contribution in [-0.4, -0.2) is 25.6 Å². The van der Waals surface area contributed by atoms with Crippen molar-refractivity contribution in [2.45, 2.75) is 25.4 Å². The first kappa shape index (κ1) is 13.5. The molecule has 1 aromatic carbocycles. The number of Topliss-reactive ketones (excluding diaryl/α,β-unsaturated/α-hetero) is 1. The number of carbonyl (C=O) groups excluding carboxylic acids is 1. The number of rotatable bonds is 4. The Morgan fingerprint density at radius 1 is 1.61 bits per heavy atom. The molecule has 0 bridgehead atoms. The minimum absolute atomic E-state index is 0.0222. The molecule has 1 unspecified atom stereocenters. The second kappa shape index (κ2) is 5.80. The molecule has 2 rings (SSSR count). The van der Waals surface area contributed by atoms with Gasteiger partial charge in [-0.25, -0.2) is 4.39 Å². The number of ketones is 1. The van der Waals surface area contributed by atoms with E-state index in [4.69, 9.17) is 9.47 Å². The first-order chi connectivity index (χ1) is 8.61. The molecule has 1 fully saturated rings. The smallest absolute Gasteiger partial charge is 0.169 e. The van der Waals surface area contributed by atoms with Gasteiger partial charge in [0.15, 0.2) is 5.78 Å². The third kappa shape index (κ3) is 2.90. The summed E-state index contributed by atoms with van der Waals surface area (Å²) in [5.74, 6) is -0.265. The predicted molar refractivity (Wildman–Crippen MR) is 68.6 cm³/mol. The van der Waals surface area contributed by atoms with Crippen LogP contribution < -0.4 is 4.74 Å². The highest BCUT2D eigenvalue weighted by molar-refractivity contribution is 9.10. The molecule has 0 aliphatic carbocycles. The zero-order valence-electron chi connectivity index (χ0n) is 10.0. The van der Waals surface area contributed by atoms with E-state index in [1.807, 2.05) is 0 Å². The van der Waals surface area contributed by atoms with Gasteiger partial charge in [-0.1, -0.05) is 0 Å². The molecule has 98 valence electrons. The summed E-state index contributed by atoms with van der Waals surface area (Å²) < 4.78 is 24.1. The summed E-state index contributed by atoms with van der Waals surface area (Å²) in [6.07, 6.45) is 2.18. The van der Waals surface area contributed by atoms with Crippen LogP contribution >= 0.6 is 15.9 Å². The summed E-state index contributed by atoms with van der Waals surface area (Å²) in [6.45, 7) is 0.711. The SMILES string of the molecule is COc1cc(F)c(Br)cc1C(=O)CC1CCCO1. The Morgan fingerprint density at radius 2 is 2.39 bits per heavy atom. The van der Waals surface area contributed by atoms with Crippen molar-refractivity contribution in [3.63, 3.8) is 0 Å². The van der Waals surface area contributed by atoms with E-state index in [1.54, 1.807) is 0 Å². The van der Waals surface area contributed by atoms with E-state index in [2.05, 4.69) is 15.9 Å². The van der Waals surface area contributed by atoms with Gasteiger partial charge in [0.25, 0.3) is 0 Å². The zero-order valence-corrected chi connectivity index (χ0v) is 11.6. The van der Waals surface area contributed by atoms with Crippen LogP contribution in [0.3, 0.4) is 0 Å². The highest BCUT2D eigenvalue weighted by Crippen LogP contribution is 2.28. The molecule has 0 amide bonds. The number of benzene rings is 1. The minimum Gasteiger partial charge on any atom is -0.496 e. The monoisotopic (exact) mass is 316 g/mol. The highest BCUT2D eigenvalue weighted by Gasteiger charge is 2.22. The van der Waals surface area contributed by atoms with Crippen molar-refractivity contribution in [2.24, 2.45) is 0 Å². The van der Waals surface area contributed by atoms with Crippen molar-refractivity contribution in [2.75, 3.05) is 13.7 Å². The zero-order chi connectivity index (χ0) is 13.1. The van der Waals surface area contributed by atoms with Gasteiger partial charge in [0.05, 0.1) is 23.2 Å². The maximum atomic E-state index is 13.4. The van der Waals surface area contributed by atoms with E-state index < -0.39 is 5.82 Å². The predicted octanol–water partition coefficient (Wildman–Crippen LogP) is 3.35. The quantitative estimate of drug-likeness (QED) is 0.799. The second-order valence-corrected chi connectivity index (χ2v) is 5.08. The van der Waals surface area contributed by atoms with E-state index in [0.717, 1.165) is 12.8 Å². The maximum Gasteiger partial charge on any atom is 0.169 e. The fraction of sp³-hybridized carbons (Fsp3) is 0.462. The highest BCUT2D eigenvalue weighted by atomic mass is 79.9. The molecule has 1 heterocycles. The first-order valence-corrected chi connectivity index (χ1v) is 6.59. The third-order valence-corrected chi connectivity index (χ3v) is 3.59. The van der Waals surface area contributed by atoms with Crippen LogP contribution in [0.4, 0.5) is 4.39 Å². The molecule has 0 saturated carbocycles. The fourth-order valence-electron chi connectivity index (χ4n) is 2.04. The summed E-state index contributed by atoms with van der Waals surface area (Å²) in [5.41, 5.74) is 0.390. The van der Waals surface area contributed by atoms with Gasteiger partial charge in [-0.05, 0) is 34.8 Å². The van der Waals surface area contributed by atoms with Gasteiger partial charge in [0, 0.05) is 19.1 Å². The van der Waals surface area contributed by atoms with E-state index in [9.17, 15) is 9.18 Å². The molecule has 18 heavy (non-hydrogen) atoms. The second-order valence-electron chi connectivity index (χ2n) is 4.23. The van der Waals surface area contributed by atoms with E-state index in [-0.39, 0.29) is 22.1 Å². The molecule has 1 aliphatic rings. The Kier molecular flexibility index (Phi) is 4.35. The van der Waals surface area contributed by atoms with Crippen LogP contribution in [0.2, 0.25) is 0 Å². The van der Waals surface area contributed by atoms with Gasteiger partial charge in [-0.15, -0.1) is 0 Å². The molecule has 1 aromatic rings. The fourth-order valence-corrected chi connectivity index (χ4v) is 2.38. The van der Waals surface area contributed by atoms with Crippen molar-refractivity contribution >= 4 is 21.7 Å². The summed E-state index contributed by atoms with van der Waals surface area (Å²) in [7, 11) is 1.42. The van der Waals surface area contributed by atoms with E-state index in [1.165, 1.54) is 19.2 Å². The number of carbonyl (C=O) groups is 1. The van der Waals surface area contributed by atoms with Crippen molar-refractivity contribution in [1.29, 1.82) is 0 Å². The van der Waals surface area contributed by atoms with E-state index in [0.29, 0.717) is 18.6 Å². The van der Waals surface area contributed by atoms with Gasteiger partial charge in [-0.2, -0.15) is 0 Å². The first-order valence-electron chi connectivity index (χ1n) is 5.79. The van der Waals surface area contributed by atoms with Crippen LogP contribution in [0.1, 0.15) is 29.6 Å². The van der Waals surface area contributed by atoms with Crippen molar-refractivity contribution in [3.8, 4) is 5.75 Å². The van der Waals surface area contributed by atoms with Crippen molar-refractivity contribution < 1.29 is 18.7 Å². The van der Waals surface area contributed by atoms with Gasteiger partial charge in [-0.3, -0.25) is 4.79 Å². The number of methoxy groups -OCH3 is 1. The van der Waals surface area contributed by atoms with Crippen LogP contribution in [0.25, 0.3) is 0 Å². The third-order valence-electron chi connectivity index (χ3n) is 2.98. The number of halogens is 2. The molecule has 0 N–H and O–H groups in total. The number of hydrogen-bond donors (Lipinski definition) is 0. The van der Waals surface area contributed by atoms with E-state index >= 15 is 0 Å². The summed E-state index contributed by atoms with van der Waals surface area (Å²) in [5, 5.41) is 0. The van der Waals surface area contributed by atoms with Gasteiger partial charge >= 0.3 is 0 Å². The van der Waals surface area contributed by atoms with Gasteiger partial charge in [0.1, 0.15) is 11.6 Å². The maximum absolute atomic E-state index is 13.4. The van der Waals surface area contributed by atoms with Gasteiger partial charge < -0.3 is 9.47 Å². The topological polar surface area (TPSA) is 35.5 Å². The molecule has 1 saturated heterocycles. The van der Waals surface area contributed by atoms with Crippen LogP contribution in [-0.2, 0) is 4.74 Å². The molecule has 1 aliphatic heterocycles. The number of ether oxygens (including phenoxy) is 2. The summed E-state index contributed by atoms with van der Waals surface area (Å²) >= 11 is 3.08. The molecular weight excluding hydrogens is 303 g/mol. The Hall–Kier alpha value is -0.940. The molecule has 1 atom stereocenters. The Morgan fingerprint density at radius 3 is 3.00 bits per heavy atom. The molecule has 0 radical (unpaired) electrons. The lowest BCUT2D eigenvalue weighted by Gasteiger charge is -2.11. The van der Waals surface area contributed by atoms with Gasteiger partial charge in [0.2, 0.25) is 0 Å². The van der Waals surface area contributed by atoms with Crippen molar-refractivity contribution in [3.05, 3.63) is 28.0 Å². The van der Waals surface area contributed by atoms with Crippen LogP contribution in [0.15, 0.2) is 16.6 Å². The Labute approximate surface area is 113 Å². The molecular formula is C13H14BrFO3. The lowest BCUT2D eigenvalue weighted by Crippen LogP contribution is -2.13. The normalized spacial score (nSPS) is 18.9. The summed E-state index contributed by atoms with van der Waals surface area (Å²) in [6, 6.07) is 2.68. The lowest BCUT2D eigenvalue weighted by molar-refractivity contribution is 0.0773. The molecule has 0 aromatic heterocycles. The minimum atomic E-state index is -0.444. The van der Waals surface area contributed by atoms with Crippen molar-refractivity contribution in [1.82, 2.24) is 0 Å². The molecule has 3 nitrogen and oxygen atoms in total. The summed E-state index contributed by atoms with van der Waals surface area (Å²) in [4.78, 5) is 12.1. The van der Waals surface area contributed by atoms with Crippen LogP contribution in [0.5, 0.6) is 5.75 Å². The average Bonchev–Trinajstić information content (AvgIpc) is 2.84. The standard InChI is InChI=1S/C13H14BrFO3/c1-17-13-7-11(15)10(14)6-9(13)12(16)5-8-3-2-4-18-8/h6-8H,2-5H2,1H3. The number of hydrogen-bond acceptors (Lipinski definition) is 3. The average molecular weight is 317 g/mol. The Balaban J connectivity index is 2.20. The Bertz CT molecular complexity index is 456. The molecule has 5 heteroatoms. The largest absolute Gasteiger partial charge is 0.496 e. The lowest BCUT2D eigenvalue weighted by atomic mass is 10.0.